The topological polar surface area (TPSA) is 119 Å². The molecule has 86 heavy (non-hydrogen) atoms. The van der Waals surface area contributed by atoms with Gasteiger partial charge in [-0.1, -0.05) is 95.8 Å². The molecule has 7 heterocycles. The van der Waals surface area contributed by atoms with E-state index in [-0.39, 0.29) is 17.0 Å². The molecular formula is C69H65BrClIO7S7. The van der Waals surface area contributed by atoms with Gasteiger partial charge in [-0.3, -0.25) is 33.6 Å². The highest BCUT2D eigenvalue weighted by molar-refractivity contribution is 14.1. The van der Waals surface area contributed by atoms with Gasteiger partial charge in [-0.2, -0.15) is 0 Å². The van der Waals surface area contributed by atoms with Crippen molar-refractivity contribution in [2.45, 2.75) is 119 Å². The molecule has 0 amide bonds. The van der Waals surface area contributed by atoms with E-state index in [1.807, 2.05) is 111 Å². The fourth-order valence-electron chi connectivity index (χ4n) is 9.39. The lowest BCUT2D eigenvalue weighted by molar-refractivity contribution is 0.0976. The molecule has 0 N–H and O–H groups in total. The van der Waals surface area contributed by atoms with Crippen LogP contribution in [0.2, 0.25) is 5.02 Å². The molecule has 7 nitrogen and oxygen atoms in total. The van der Waals surface area contributed by atoms with Gasteiger partial charge in [0.2, 0.25) is 0 Å². The number of fused-ring (bicyclic) bond motifs is 7. The first-order valence-electron chi connectivity index (χ1n) is 28.2. The minimum absolute atomic E-state index is 0.122. The average molecular weight is 1470 g/mol. The number of hydrogen-bond acceptors (Lipinski definition) is 14. The molecule has 17 heteroatoms. The van der Waals surface area contributed by atoms with Gasteiger partial charge in [0.15, 0.2) is 40.5 Å². The van der Waals surface area contributed by atoms with Crippen LogP contribution in [0.15, 0.2) is 172 Å². The summed E-state index contributed by atoms with van der Waals surface area (Å²) < 4.78 is 2.12. The Morgan fingerprint density at radius 2 is 0.674 bits per heavy atom. The first-order valence-corrected chi connectivity index (χ1v) is 37.3. The van der Waals surface area contributed by atoms with Crippen LogP contribution >= 0.6 is 132 Å². The molecule has 0 spiro atoms. The lowest BCUT2D eigenvalue weighted by Gasteiger charge is -2.22. The monoisotopic (exact) mass is 1470 g/mol. The molecule has 7 aliphatic heterocycles. The second-order valence-electron chi connectivity index (χ2n) is 21.5. The lowest BCUT2D eigenvalue weighted by atomic mass is 9.85. The number of benzene rings is 7. The summed E-state index contributed by atoms with van der Waals surface area (Å²) in [7, 11) is 0. The Morgan fingerprint density at radius 3 is 1.09 bits per heavy atom. The molecule has 0 radical (unpaired) electrons. The van der Waals surface area contributed by atoms with Crippen LogP contribution in [0.1, 0.15) is 155 Å². The summed E-state index contributed by atoms with van der Waals surface area (Å²) in [6.07, 6.45) is 4.78. The summed E-state index contributed by atoms with van der Waals surface area (Å²) in [5.74, 6) is 8.47. The standard InChI is InChI=1S/C13H16OS.2C10H10OS.C9H7BrOS.C9H7ClOS.C9H7IOS.C9H8OS/c1-13(2,3)9-4-5-12-10(8-9)11(14)6-7-15-12;2*1-7-2-3-10-8(6-7)9(11)4-5-12-10;3*10-6-1-2-9-7(5-6)8(11)3-4-12-9;10-8-5-6-11-9-4-2-1-3-7(8)9/h4-5,8H,6-7H2,1-3H3;2*2-3,6H,4-5H2,1H3;3*1-2,5H,3-4H2;1-4H,5-6H2. The summed E-state index contributed by atoms with van der Waals surface area (Å²) >= 11 is 23.8. The van der Waals surface area contributed by atoms with Crippen molar-refractivity contribution in [1.29, 1.82) is 0 Å². The third kappa shape index (κ3) is 19.3. The number of carbonyl (C=O) groups excluding carboxylic acids is 7. The van der Waals surface area contributed by atoms with Gasteiger partial charge in [0.1, 0.15) is 0 Å². The molecule has 7 aromatic rings. The molecule has 14 rings (SSSR count). The molecule has 0 atom stereocenters. The third-order valence-electron chi connectivity index (χ3n) is 14.0. The Bertz CT molecular complexity index is 3320. The van der Waals surface area contributed by atoms with E-state index in [0.717, 1.165) is 122 Å². The van der Waals surface area contributed by atoms with Gasteiger partial charge in [-0.25, -0.2) is 0 Å². The summed E-state index contributed by atoms with van der Waals surface area (Å²) in [5.41, 5.74) is 9.97. The van der Waals surface area contributed by atoms with Crippen molar-refractivity contribution in [2.24, 2.45) is 0 Å². The summed E-state index contributed by atoms with van der Waals surface area (Å²) in [6.45, 7) is 10.6. The van der Waals surface area contributed by atoms with Gasteiger partial charge in [0.05, 0.1) is 0 Å². The molecule has 7 aromatic carbocycles. The van der Waals surface area contributed by atoms with Crippen molar-refractivity contribution in [3.05, 3.63) is 202 Å². The van der Waals surface area contributed by atoms with Crippen LogP contribution in [-0.4, -0.2) is 80.8 Å². The number of hydrogen-bond donors (Lipinski definition) is 0. The largest absolute Gasteiger partial charge is 0.294 e. The maximum absolute atomic E-state index is 11.8. The zero-order chi connectivity index (χ0) is 61.5. The highest BCUT2D eigenvalue weighted by atomic mass is 127. The van der Waals surface area contributed by atoms with Crippen molar-refractivity contribution in [3.8, 4) is 0 Å². The number of halogens is 3. The molecule has 0 saturated carbocycles. The van der Waals surface area contributed by atoms with Crippen molar-refractivity contribution < 1.29 is 33.6 Å². The van der Waals surface area contributed by atoms with Crippen molar-refractivity contribution in [1.82, 2.24) is 0 Å². The number of carbonyl (C=O) groups is 7. The summed E-state index contributed by atoms with van der Waals surface area (Å²) in [6, 6.07) is 43.8. The Kier molecular flexibility index (Phi) is 26.0. The lowest BCUT2D eigenvalue weighted by Crippen LogP contribution is -2.14. The molecule has 0 aromatic heterocycles. The van der Waals surface area contributed by atoms with Gasteiger partial charge < -0.3 is 0 Å². The second-order valence-corrected chi connectivity index (χ2v) is 32.1. The molecule has 0 saturated heterocycles. The molecule has 0 unspecified atom stereocenters. The van der Waals surface area contributed by atoms with Crippen LogP contribution in [0.25, 0.3) is 0 Å². The normalized spacial score (nSPS) is 16.0. The molecular weight excluding hydrogens is 1410 g/mol. The maximum Gasteiger partial charge on any atom is 0.164 e. The fraction of sp³-hybridized carbons (Fsp3) is 0.290. The molecule has 0 fully saturated rings. The first kappa shape index (κ1) is 68.1. The Labute approximate surface area is 562 Å². The Hall–Kier alpha value is -3.82. The van der Waals surface area contributed by atoms with Gasteiger partial charge >= 0.3 is 0 Å². The van der Waals surface area contributed by atoms with Crippen molar-refractivity contribution in [3.63, 3.8) is 0 Å². The minimum Gasteiger partial charge on any atom is -0.294 e. The van der Waals surface area contributed by atoms with Gasteiger partial charge in [-0.15, -0.1) is 82.3 Å². The molecule has 0 aliphatic carbocycles. The van der Waals surface area contributed by atoms with Crippen molar-refractivity contribution >= 4 is 173 Å². The zero-order valence-corrected chi connectivity index (χ0v) is 58.7. The smallest absolute Gasteiger partial charge is 0.164 e. The van der Waals surface area contributed by atoms with Gasteiger partial charge in [-0.05, 0) is 144 Å². The van der Waals surface area contributed by atoms with E-state index in [2.05, 4.69) is 89.6 Å². The van der Waals surface area contributed by atoms with E-state index in [1.165, 1.54) is 16.7 Å². The van der Waals surface area contributed by atoms with Gasteiger partial charge in [0, 0.05) is 171 Å². The van der Waals surface area contributed by atoms with Crippen LogP contribution in [0.4, 0.5) is 0 Å². The van der Waals surface area contributed by atoms with E-state index in [4.69, 9.17) is 11.6 Å². The van der Waals surface area contributed by atoms with E-state index < -0.39 is 0 Å². The highest BCUT2D eigenvalue weighted by Gasteiger charge is 2.24. The Morgan fingerprint density at radius 1 is 0.360 bits per heavy atom. The number of ketones is 7. The fourth-order valence-corrected chi connectivity index (χ4v) is 17.4. The quantitative estimate of drug-likeness (QED) is 0.134. The Balaban J connectivity index is 0.000000131. The zero-order valence-electron chi connectivity index (χ0n) is 48.5. The van der Waals surface area contributed by atoms with E-state index in [0.29, 0.717) is 78.9 Å². The van der Waals surface area contributed by atoms with Gasteiger partial charge in [0.25, 0.3) is 0 Å². The average Bonchev–Trinajstić information content (AvgIpc) is 3.70. The van der Waals surface area contributed by atoms with E-state index in [1.54, 1.807) is 88.4 Å². The summed E-state index contributed by atoms with van der Waals surface area (Å²) in [5, 5.41) is 0.643. The molecule has 7 aliphatic rings. The maximum atomic E-state index is 11.8. The highest BCUT2D eigenvalue weighted by Crippen LogP contribution is 2.37. The predicted molar refractivity (Wildman–Crippen MR) is 376 cm³/mol. The molecule has 0 bridgehead atoms. The van der Waals surface area contributed by atoms with Crippen LogP contribution < -0.4 is 0 Å². The first-order chi connectivity index (χ1) is 41.2. The number of thioether (sulfide) groups is 7. The van der Waals surface area contributed by atoms with E-state index >= 15 is 0 Å². The number of rotatable bonds is 0. The number of aryl methyl sites for hydroxylation is 2. The minimum atomic E-state index is 0.122. The molecule has 446 valence electrons. The SMILES string of the molecule is CC(C)(C)c1ccc2c(c1)C(=O)CCS2.Cc1ccc2c(c1)C(=O)CCS2.Cc1ccc2c(c1)C(=O)CCS2.O=C1CCSc2ccc(Br)cc21.O=C1CCSc2ccc(Cl)cc21.O=C1CCSc2ccc(I)cc21.O=C1CCSc2ccccc21. The van der Waals surface area contributed by atoms with Crippen LogP contribution in [0.3, 0.4) is 0 Å². The third-order valence-corrected chi connectivity index (χ3v) is 23.0. The summed E-state index contributed by atoms with van der Waals surface area (Å²) in [4.78, 5) is 88.0. The van der Waals surface area contributed by atoms with Crippen molar-refractivity contribution in [2.75, 3.05) is 40.3 Å². The van der Waals surface area contributed by atoms with Crippen LogP contribution in [-0.2, 0) is 5.41 Å². The van der Waals surface area contributed by atoms with Crippen LogP contribution in [0, 0.1) is 17.4 Å². The number of Topliss-reactive ketones (excluding diaryl/α,β-unsaturated/α-hetero) is 7. The second kappa shape index (κ2) is 32.8. The van der Waals surface area contributed by atoms with E-state index in [9.17, 15) is 33.6 Å². The predicted octanol–water partition coefficient (Wildman–Crippen LogP) is 20.5. The van der Waals surface area contributed by atoms with Crippen LogP contribution in [0.5, 0.6) is 0 Å².